The number of carbonyl (C=O) groups excluding carboxylic acids is 2. The number of benzene rings is 1. The van der Waals surface area contributed by atoms with Gasteiger partial charge in [-0.2, -0.15) is 0 Å². The molecule has 3 heterocycles. The van der Waals surface area contributed by atoms with E-state index in [0.29, 0.717) is 34.5 Å². The van der Waals surface area contributed by atoms with Gasteiger partial charge in [0.1, 0.15) is 11.4 Å². The third-order valence-corrected chi connectivity index (χ3v) is 7.68. The third-order valence-electron chi connectivity index (χ3n) is 6.36. The van der Waals surface area contributed by atoms with Crippen LogP contribution in [0.4, 0.5) is 0 Å². The van der Waals surface area contributed by atoms with Gasteiger partial charge in [0.25, 0.3) is 5.91 Å². The van der Waals surface area contributed by atoms with Crippen LogP contribution in [0.15, 0.2) is 35.1 Å². The molecule has 0 bridgehead atoms. The van der Waals surface area contributed by atoms with Crippen molar-refractivity contribution in [3.8, 4) is 17.2 Å². The predicted molar refractivity (Wildman–Crippen MR) is 125 cm³/mol. The summed E-state index contributed by atoms with van der Waals surface area (Å²) in [6.45, 7) is 3.66. The number of furan rings is 1. The van der Waals surface area contributed by atoms with Crippen LogP contribution in [0.2, 0.25) is 0 Å². The van der Waals surface area contributed by atoms with Crippen molar-refractivity contribution in [2.45, 2.75) is 31.2 Å². The molecule has 9 heteroatoms. The van der Waals surface area contributed by atoms with Crippen LogP contribution in [0.3, 0.4) is 0 Å². The number of likely N-dealkylation sites (tertiary alicyclic amines) is 1. The van der Waals surface area contributed by atoms with Gasteiger partial charge in [0.15, 0.2) is 11.5 Å². The van der Waals surface area contributed by atoms with Gasteiger partial charge in [-0.3, -0.25) is 9.59 Å². The number of thioether (sulfide) groups is 1. The fourth-order valence-electron chi connectivity index (χ4n) is 4.41. The van der Waals surface area contributed by atoms with Gasteiger partial charge < -0.3 is 28.4 Å². The van der Waals surface area contributed by atoms with Crippen molar-refractivity contribution in [1.82, 2.24) is 9.80 Å². The van der Waals surface area contributed by atoms with E-state index in [2.05, 4.69) is 6.92 Å². The van der Waals surface area contributed by atoms with E-state index in [9.17, 15) is 9.59 Å². The van der Waals surface area contributed by atoms with E-state index < -0.39 is 6.04 Å². The molecule has 0 spiro atoms. The Morgan fingerprint density at radius 1 is 1.06 bits per heavy atom. The number of nitrogens with zero attached hydrogens (tertiary/aromatic N) is 2. The summed E-state index contributed by atoms with van der Waals surface area (Å²) in [5.74, 6) is 2.06. The average molecular weight is 475 g/mol. The van der Waals surface area contributed by atoms with Gasteiger partial charge in [0, 0.05) is 30.0 Å². The van der Waals surface area contributed by atoms with Crippen molar-refractivity contribution >= 4 is 23.6 Å². The number of piperidine rings is 1. The van der Waals surface area contributed by atoms with Gasteiger partial charge in [-0.05, 0) is 37.0 Å². The molecule has 8 nitrogen and oxygen atoms in total. The average Bonchev–Trinajstić information content (AvgIpc) is 3.52. The molecular weight excluding hydrogens is 444 g/mol. The molecule has 2 atom stereocenters. The summed E-state index contributed by atoms with van der Waals surface area (Å²) in [5.41, 5.74) is 1.22. The molecule has 2 aliphatic heterocycles. The van der Waals surface area contributed by atoms with Gasteiger partial charge in [0.2, 0.25) is 11.7 Å². The number of methoxy groups -OCH3 is 3. The Balaban J connectivity index is 1.70. The first-order chi connectivity index (χ1) is 16.0. The summed E-state index contributed by atoms with van der Waals surface area (Å²) in [5, 5.41) is -0.326. The van der Waals surface area contributed by atoms with Gasteiger partial charge in [-0.15, -0.1) is 11.8 Å². The molecule has 0 aliphatic carbocycles. The highest BCUT2D eigenvalue weighted by Gasteiger charge is 2.45. The van der Waals surface area contributed by atoms with Crippen molar-refractivity contribution in [3.05, 3.63) is 41.9 Å². The van der Waals surface area contributed by atoms with Crippen molar-refractivity contribution in [1.29, 1.82) is 0 Å². The number of ether oxygens (including phenoxy) is 3. The lowest BCUT2D eigenvalue weighted by Crippen LogP contribution is -2.51. The standard InChI is InChI=1S/C24H30N2O6S/c1-15-5-8-25(9-6-15)23(28)18-14-33-24(16-7-10-32-13-16)26(18)22(27)17-11-19(29-2)21(31-4)20(12-17)30-3/h7,10-13,15,18,24H,5-6,8-9,14H2,1-4H3. The lowest BCUT2D eigenvalue weighted by molar-refractivity contribution is -0.136. The van der Waals surface area contributed by atoms with Crippen molar-refractivity contribution in [3.63, 3.8) is 0 Å². The zero-order valence-corrected chi connectivity index (χ0v) is 20.2. The summed E-state index contributed by atoms with van der Waals surface area (Å²) in [4.78, 5) is 31.0. The zero-order chi connectivity index (χ0) is 23.5. The maximum Gasteiger partial charge on any atom is 0.256 e. The van der Waals surface area contributed by atoms with E-state index >= 15 is 0 Å². The summed E-state index contributed by atoms with van der Waals surface area (Å²) in [7, 11) is 4.53. The lowest BCUT2D eigenvalue weighted by atomic mass is 9.98. The van der Waals surface area contributed by atoms with Crippen LogP contribution in [0, 0.1) is 5.92 Å². The van der Waals surface area contributed by atoms with Crippen molar-refractivity contribution in [2.75, 3.05) is 40.2 Å². The second-order valence-electron chi connectivity index (χ2n) is 8.39. The van der Waals surface area contributed by atoms with Crippen LogP contribution >= 0.6 is 11.8 Å². The molecule has 0 N–H and O–H groups in total. The molecule has 1 aromatic carbocycles. The minimum atomic E-state index is -0.560. The molecule has 0 radical (unpaired) electrons. The van der Waals surface area contributed by atoms with Crippen LogP contribution in [0.1, 0.15) is 41.1 Å². The predicted octanol–water partition coefficient (Wildman–Crippen LogP) is 3.82. The van der Waals surface area contributed by atoms with E-state index in [1.807, 2.05) is 11.0 Å². The quantitative estimate of drug-likeness (QED) is 0.630. The van der Waals surface area contributed by atoms with Crippen LogP contribution in [-0.4, -0.2) is 67.8 Å². The Hall–Kier alpha value is -2.81. The molecule has 2 saturated heterocycles. The first-order valence-electron chi connectivity index (χ1n) is 11.0. The number of amides is 2. The molecule has 2 fully saturated rings. The first kappa shape index (κ1) is 23.4. The Morgan fingerprint density at radius 2 is 1.73 bits per heavy atom. The summed E-state index contributed by atoms with van der Waals surface area (Å²) in [6.07, 6.45) is 5.18. The molecule has 0 saturated carbocycles. The Kier molecular flexibility index (Phi) is 7.07. The largest absolute Gasteiger partial charge is 0.493 e. The number of hydrogen-bond acceptors (Lipinski definition) is 7. The monoisotopic (exact) mass is 474 g/mol. The van der Waals surface area contributed by atoms with E-state index in [0.717, 1.165) is 31.5 Å². The summed E-state index contributed by atoms with van der Waals surface area (Å²) >= 11 is 1.57. The topological polar surface area (TPSA) is 81.5 Å². The fourth-order valence-corrected chi connectivity index (χ4v) is 5.81. The lowest BCUT2D eigenvalue weighted by Gasteiger charge is -2.35. The molecule has 2 unspecified atom stereocenters. The minimum Gasteiger partial charge on any atom is -0.493 e. The highest BCUT2D eigenvalue weighted by Crippen LogP contribution is 2.45. The SMILES string of the molecule is COc1cc(C(=O)N2C(C(=O)N3CCC(C)CC3)CSC2c2ccoc2)cc(OC)c1OC. The van der Waals surface area contributed by atoms with E-state index in [1.54, 1.807) is 41.3 Å². The van der Waals surface area contributed by atoms with Crippen molar-refractivity contribution < 1.29 is 28.2 Å². The Labute approximate surface area is 198 Å². The van der Waals surface area contributed by atoms with Crippen LogP contribution < -0.4 is 14.2 Å². The van der Waals surface area contributed by atoms with Gasteiger partial charge in [-0.25, -0.2) is 0 Å². The molecule has 4 rings (SSSR count). The number of hydrogen-bond donors (Lipinski definition) is 0. The molecule has 2 amide bonds. The normalized spacial score (nSPS) is 21.2. The van der Waals surface area contributed by atoms with Crippen molar-refractivity contribution in [2.24, 2.45) is 5.92 Å². The van der Waals surface area contributed by atoms with Gasteiger partial charge in [-0.1, -0.05) is 6.92 Å². The van der Waals surface area contributed by atoms with Crippen LogP contribution in [-0.2, 0) is 4.79 Å². The molecule has 178 valence electrons. The smallest absolute Gasteiger partial charge is 0.256 e. The van der Waals surface area contributed by atoms with E-state index in [-0.39, 0.29) is 17.2 Å². The second kappa shape index (κ2) is 9.99. The third kappa shape index (κ3) is 4.51. The van der Waals surface area contributed by atoms with Gasteiger partial charge >= 0.3 is 0 Å². The summed E-state index contributed by atoms with van der Waals surface area (Å²) < 4.78 is 21.6. The second-order valence-corrected chi connectivity index (χ2v) is 9.51. The zero-order valence-electron chi connectivity index (χ0n) is 19.4. The van der Waals surface area contributed by atoms with E-state index in [1.165, 1.54) is 21.3 Å². The molecule has 2 aliphatic rings. The maximum atomic E-state index is 13.9. The number of rotatable bonds is 6. The first-order valence-corrected chi connectivity index (χ1v) is 12.1. The number of carbonyl (C=O) groups is 2. The van der Waals surface area contributed by atoms with Crippen LogP contribution in [0.5, 0.6) is 17.2 Å². The minimum absolute atomic E-state index is 0.00110. The highest BCUT2D eigenvalue weighted by molar-refractivity contribution is 7.99. The maximum absolute atomic E-state index is 13.9. The molecule has 1 aromatic heterocycles. The van der Waals surface area contributed by atoms with Gasteiger partial charge in [0.05, 0.1) is 33.9 Å². The Bertz CT molecular complexity index is 962. The van der Waals surface area contributed by atoms with Crippen LogP contribution in [0.25, 0.3) is 0 Å². The van der Waals surface area contributed by atoms with E-state index in [4.69, 9.17) is 18.6 Å². The molecule has 2 aromatic rings. The molecule has 33 heavy (non-hydrogen) atoms. The highest BCUT2D eigenvalue weighted by atomic mass is 32.2. The Morgan fingerprint density at radius 3 is 2.27 bits per heavy atom. The fraction of sp³-hybridized carbons (Fsp3) is 0.500. The summed E-state index contributed by atoms with van der Waals surface area (Å²) in [6, 6.07) is 4.53. The molecular formula is C24H30N2O6S.